The van der Waals surface area contributed by atoms with Crippen molar-refractivity contribution in [2.24, 2.45) is 0 Å². The molecule has 3 rings (SSSR count). The highest BCUT2D eigenvalue weighted by Crippen LogP contribution is 2.32. The maximum atomic E-state index is 10.2. The molecule has 182 valence electrons. The van der Waals surface area contributed by atoms with Gasteiger partial charge in [0.15, 0.2) is 0 Å². The zero-order valence-electron chi connectivity index (χ0n) is 20.0. The van der Waals surface area contributed by atoms with E-state index < -0.39 is 0 Å². The number of nitrogens with zero attached hydrogens (tertiary/aromatic N) is 2. The van der Waals surface area contributed by atoms with Gasteiger partial charge in [0.1, 0.15) is 5.82 Å². The summed E-state index contributed by atoms with van der Waals surface area (Å²) in [6.07, 6.45) is 7.83. The number of hydrogen-bond acceptors (Lipinski definition) is 6. The lowest BCUT2D eigenvalue weighted by Gasteiger charge is -2.21. The number of carbonyl (C=O) groups is 1. The second-order valence-corrected chi connectivity index (χ2v) is 8.30. The molecule has 0 bridgehead atoms. The smallest absolute Gasteiger partial charge is 0.224 e. The topological polar surface area (TPSA) is 96.4 Å². The van der Waals surface area contributed by atoms with Crippen LogP contribution in [0.3, 0.4) is 0 Å². The number of aryl methyl sites for hydroxylation is 2. The third-order valence-electron chi connectivity index (χ3n) is 5.85. The first-order valence-electron chi connectivity index (χ1n) is 11.8. The molecule has 1 atom stereocenters. The highest BCUT2D eigenvalue weighted by Gasteiger charge is 2.20. The Labute approximate surface area is 202 Å². The van der Waals surface area contributed by atoms with Crippen molar-refractivity contribution in [1.82, 2.24) is 15.3 Å². The fourth-order valence-electron chi connectivity index (χ4n) is 4.32. The van der Waals surface area contributed by atoms with Crippen LogP contribution in [0.5, 0.6) is 0 Å². The van der Waals surface area contributed by atoms with Crippen LogP contribution in [-0.2, 0) is 35.2 Å². The van der Waals surface area contributed by atoms with E-state index in [0.717, 1.165) is 56.3 Å². The Hall–Kier alpha value is -2.22. The number of unbranched alkanes of at least 4 members (excludes halogenated alkanes) is 1. The monoisotopic (exact) mass is 476 g/mol. The first-order valence-corrected chi connectivity index (χ1v) is 12.1. The van der Waals surface area contributed by atoms with Crippen molar-refractivity contribution in [3.05, 3.63) is 51.4 Å². The normalized spacial score (nSPS) is 13.0. The summed E-state index contributed by atoms with van der Waals surface area (Å²) in [6, 6.07) is 6.79. The number of fused-ring (bicyclic) bond motifs is 1. The molecule has 0 aliphatic heterocycles. The number of halogens is 1. The summed E-state index contributed by atoms with van der Waals surface area (Å²) in [7, 11) is 1.00. The van der Waals surface area contributed by atoms with Crippen molar-refractivity contribution in [3.8, 4) is 0 Å². The molecule has 1 heterocycles. The summed E-state index contributed by atoms with van der Waals surface area (Å²) in [5.41, 5.74) is 6.48. The molecular weight excluding hydrogens is 440 g/mol. The van der Waals surface area contributed by atoms with E-state index in [0.29, 0.717) is 26.2 Å². The zero-order chi connectivity index (χ0) is 24.1. The number of aromatic nitrogens is 2. The second kappa shape index (κ2) is 14.8. The van der Waals surface area contributed by atoms with Crippen LogP contribution >= 0.6 is 11.6 Å². The Morgan fingerprint density at radius 3 is 2.79 bits per heavy atom. The largest absolute Gasteiger partial charge is 0.400 e. The van der Waals surface area contributed by atoms with E-state index in [2.05, 4.69) is 52.6 Å². The van der Waals surface area contributed by atoms with Crippen LogP contribution in [0.25, 0.3) is 0 Å². The predicted octanol–water partition coefficient (Wildman–Crippen LogP) is 4.05. The van der Waals surface area contributed by atoms with Gasteiger partial charge in [0.05, 0.1) is 18.3 Å². The molecule has 0 fully saturated rings. The molecule has 0 saturated heterocycles. The van der Waals surface area contributed by atoms with Gasteiger partial charge in [0, 0.05) is 25.8 Å². The number of rotatable bonds is 13. The van der Waals surface area contributed by atoms with Gasteiger partial charge in [-0.15, -0.1) is 0 Å². The number of nitrogens with one attached hydrogen (secondary N) is 2. The summed E-state index contributed by atoms with van der Waals surface area (Å²) in [5, 5.41) is 13.5. The summed E-state index contributed by atoms with van der Waals surface area (Å²) in [5.74, 6) is 0.844. The van der Waals surface area contributed by atoms with Gasteiger partial charge in [-0.3, -0.25) is 4.79 Å². The lowest BCUT2D eigenvalue weighted by Crippen LogP contribution is -2.17. The lowest BCUT2D eigenvalue weighted by atomic mass is 9.98. The fraction of sp³-hybridized carbons (Fsp3) is 0.560. The Morgan fingerprint density at radius 2 is 2.03 bits per heavy atom. The molecule has 1 aromatic heterocycles. The molecule has 1 unspecified atom stereocenters. The van der Waals surface area contributed by atoms with Crippen molar-refractivity contribution >= 4 is 23.8 Å². The van der Waals surface area contributed by atoms with Gasteiger partial charge < -0.3 is 20.5 Å². The third-order valence-corrected chi connectivity index (χ3v) is 6.02. The summed E-state index contributed by atoms with van der Waals surface area (Å²) in [4.78, 5) is 19.3. The van der Waals surface area contributed by atoms with Crippen LogP contribution in [0.1, 0.15) is 67.1 Å². The summed E-state index contributed by atoms with van der Waals surface area (Å²) >= 11 is 6.29. The summed E-state index contributed by atoms with van der Waals surface area (Å²) < 4.78 is 5.52. The van der Waals surface area contributed by atoms with E-state index in [1.165, 1.54) is 29.5 Å². The number of aliphatic hydroxyl groups excluding tert-OH is 1. The molecule has 0 radical (unpaired) electrons. The minimum absolute atomic E-state index is 0.158. The highest BCUT2D eigenvalue weighted by molar-refractivity contribution is 6.28. The van der Waals surface area contributed by atoms with Gasteiger partial charge in [-0.25, -0.2) is 9.97 Å². The van der Waals surface area contributed by atoms with E-state index in [4.69, 9.17) is 21.4 Å². The molecule has 33 heavy (non-hydrogen) atoms. The van der Waals surface area contributed by atoms with Crippen LogP contribution in [0, 0.1) is 0 Å². The second-order valence-electron chi connectivity index (χ2n) is 7.97. The van der Waals surface area contributed by atoms with Crippen molar-refractivity contribution in [1.29, 1.82) is 0 Å². The minimum atomic E-state index is 0.158. The average molecular weight is 477 g/mol. The molecular formula is C25H37ClN4O3. The van der Waals surface area contributed by atoms with Crippen LogP contribution < -0.4 is 10.6 Å². The first-order chi connectivity index (χ1) is 16.1. The molecule has 1 amide bonds. The van der Waals surface area contributed by atoms with Crippen LogP contribution in [0.4, 0.5) is 5.82 Å². The molecule has 7 nitrogen and oxygen atoms in total. The molecule has 1 aliphatic carbocycles. The van der Waals surface area contributed by atoms with E-state index >= 15 is 0 Å². The van der Waals surface area contributed by atoms with Crippen molar-refractivity contribution in [2.45, 2.75) is 64.8 Å². The van der Waals surface area contributed by atoms with Gasteiger partial charge in [0.25, 0.3) is 0 Å². The minimum Gasteiger partial charge on any atom is -0.400 e. The number of aliphatic hydroxyl groups is 1. The number of hydrogen-bond donors (Lipinski definition) is 3. The maximum absolute atomic E-state index is 10.2. The van der Waals surface area contributed by atoms with Gasteiger partial charge in [-0.1, -0.05) is 25.1 Å². The number of carbonyl (C=O) groups excluding carboxylic acids is 1. The van der Waals surface area contributed by atoms with Crippen LogP contribution in [0.2, 0.25) is 5.28 Å². The fourth-order valence-corrected chi connectivity index (χ4v) is 4.51. The van der Waals surface area contributed by atoms with Gasteiger partial charge in [-0.2, -0.15) is 0 Å². The molecule has 0 spiro atoms. The molecule has 3 N–H and O–H groups in total. The molecule has 1 aliphatic rings. The zero-order valence-corrected chi connectivity index (χ0v) is 20.7. The maximum Gasteiger partial charge on any atom is 0.224 e. The average Bonchev–Trinajstić information content (AvgIpc) is 3.31. The Bertz CT molecular complexity index is 879. The van der Waals surface area contributed by atoms with Crippen molar-refractivity contribution < 1.29 is 14.6 Å². The molecule has 8 heteroatoms. The standard InChI is InChI=1S/C24H33ClN4O2.CH4O/c1-3-19-22(12-4-5-14-31-15-13-26-16-30)28-24(25)29-23(19)27-17(2)20-10-6-8-18-9-7-11-21(18)20;1-2/h6,8,10,16-17H,3-5,7,9,11-15H2,1-2H3,(H,26,30)(H,27,28,29);2H,1H3. The van der Waals surface area contributed by atoms with Gasteiger partial charge in [-0.05, 0) is 80.2 Å². The first kappa shape index (κ1) is 27.0. The van der Waals surface area contributed by atoms with Crippen LogP contribution in [-0.4, -0.2) is 48.4 Å². The Kier molecular flexibility index (Phi) is 12.1. The Balaban J connectivity index is 0.00000187. The quantitative estimate of drug-likeness (QED) is 0.229. The van der Waals surface area contributed by atoms with E-state index in [-0.39, 0.29) is 11.3 Å². The number of ether oxygens (including phenoxy) is 1. The summed E-state index contributed by atoms with van der Waals surface area (Å²) in [6.45, 7) is 6.08. The SMILES string of the molecule is CCc1c(CCCCOCCNC=O)nc(Cl)nc1NC(C)c1cccc2c1CCC2.CO. The molecule has 2 aromatic rings. The van der Waals surface area contributed by atoms with E-state index in [9.17, 15) is 4.79 Å². The van der Waals surface area contributed by atoms with E-state index in [1.807, 2.05) is 0 Å². The Morgan fingerprint density at radius 1 is 1.21 bits per heavy atom. The van der Waals surface area contributed by atoms with Crippen LogP contribution in [0.15, 0.2) is 18.2 Å². The van der Waals surface area contributed by atoms with Gasteiger partial charge >= 0.3 is 0 Å². The number of amides is 1. The lowest BCUT2D eigenvalue weighted by molar-refractivity contribution is -0.109. The molecule has 0 saturated carbocycles. The number of anilines is 1. The highest BCUT2D eigenvalue weighted by atomic mass is 35.5. The van der Waals surface area contributed by atoms with Crippen molar-refractivity contribution in [3.63, 3.8) is 0 Å². The third kappa shape index (κ3) is 7.95. The molecule has 1 aromatic carbocycles. The predicted molar refractivity (Wildman–Crippen MR) is 133 cm³/mol. The number of benzene rings is 1. The van der Waals surface area contributed by atoms with Gasteiger partial charge in [0.2, 0.25) is 11.7 Å². The van der Waals surface area contributed by atoms with Crippen molar-refractivity contribution in [2.75, 3.05) is 32.2 Å². The van der Waals surface area contributed by atoms with E-state index in [1.54, 1.807) is 0 Å².